The number of fused-ring (bicyclic) bond motifs is 3. The van der Waals surface area contributed by atoms with Gasteiger partial charge in [-0.25, -0.2) is 9.18 Å². The van der Waals surface area contributed by atoms with Gasteiger partial charge in [-0.15, -0.1) is 0 Å². The van der Waals surface area contributed by atoms with Crippen molar-refractivity contribution in [3.05, 3.63) is 95.3 Å². The van der Waals surface area contributed by atoms with E-state index >= 15 is 0 Å². The topological polar surface area (TPSA) is 47.6 Å². The molecule has 0 aromatic heterocycles. The molecule has 3 saturated heterocycles. The van der Waals surface area contributed by atoms with Gasteiger partial charge in [0.05, 0.1) is 26.7 Å². The van der Waals surface area contributed by atoms with Crippen LogP contribution in [-0.4, -0.2) is 50.0 Å². The lowest BCUT2D eigenvalue weighted by Gasteiger charge is -2.52. The van der Waals surface area contributed by atoms with Crippen LogP contribution in [0.4, 0.5) is 14.9 Å². The van der Waals surface area contributed by atoms with E-state index in [1.54, 1.807) is 19.2 Å². The summed E-state index contributed by atoms with van der Waals surface area (Å²) in [5, 5.41) is 2.98. The number of anilines is 1. The molecule has 3 aliphatic rings. The number of quaternary nitrogens is 1. The summed E-state index contributed by atoms with van der Waals surface area (Å²) in [6, 6.07) is 22.4. The molecule has 6 rings (SSSR count). The number of halogens is 1. The second-order valence-electron chi connectivity index (χ2n) is 10.2. The number of carbonyl (C=O) groups excluding carboxylic acids is 1. The van der Waals surface area contributed by atoms with Crippen molar-refractivity contribution in [3.63, 3.8) is 0 Å². The minimum atomic E-state index is -0.397. The highest BCUT2D eigenvalue weighted by Crippen LogP contribution is 2.36. The van der Waals surface area contributed by atoms with Crippen LogP contribution in [0.2, 0.25) is 0 Å². The average molecular weight is 490 g/mol. The van der Waals surface area contributed by atoms with Gasteiger partial charge >= 0.3 is 6.09 Å². The number of methoxy groups -OCH3 is 1. The molecule has 1 amide bonds. The smallest absolute Gasteiger partial charge is 0.412 e. The molecule has 3 aromatic rings. The number of amides is 1. The molecule has 1 atom stereocenters. The van der Waals surface area contributed by atoms with Crippen LogP contribution in [0.1, 0.15) is 29.5 Å². The molecule has 3 heterocycles. The van der Waals surface area contributed by atoms with Crippen LogP contribution >= 0.6 is 0 Å². The molecule has 3 fully saturated rings. The first-order chi connectivity index (χ1) is 17.5. The Labute approximate surface area is 212 Å². The summed E-state index contributed by atoms with van der Waals surface area (Å²) in [6.07, 6.45) is 3.31. The number of rotatable bonds is 8. The minimum Gasteiger partial charge on any atom is -0.497 e. The first-order valence-electron chi connectivity index (χ1n) is 12.8. The highest BCUT2D eigenvalue weighted by Gasteiger charge is 2.47. The Kier molecular flexibility index (Phi) is 7.23. The number of hydrogen-bond donors (Lipinski definition) is 1. The molecular weight excluding hydrogens is 455 g/mol. The summed E-state index contributed by atoms with van der Waals surface area (Å²) in [7, 11) is 1.70. The predicted octanol–water partition coefficient (Wildman–Crippen LogP) is 5.83. The van der Waals surface area contributed by atoms with Gasteiger partial charge in [0.25, 0.3) is 0 Å². The van der Waals surface area contributed by atoms with E-state index in [-0.39, 0.29) is 11.9 Å². The van der Waals surface area contributed by atoms with Crippen molar-refractivity contribution >= 4 is 11.8 Å². The fourth-order valence-corrected chi connectivity index (χ4v) is 5.76. The Morgan fingerprint density at radius 3 is 2.56 bits per heavy atom. The van der Waals surface area contributed by atoms with Crippen molar-refractivity contribution in [3.8, 4) is 5.75 Å². The first-order valence-corrected chi connectivity index (χ1v) is 12.8. The Morgan fingerprint density at radius 1 is 1.00 bits per heavy atom. The van der Waals surface area contributed by atoms with Crippen molar-refractivity contribution < 1.29 is 23.1 Å². The van der Waals surface area contributed by atoms with Crippen LogP contribution in [-0.2, 0) is 17.6 Å². The maximum Gasteiger partial charge on any atom is 0.412 e. The number of ether oxygens (including phenoxy) is 2. The number of para-hydroxylation sites is 1. The molecule has 36 heavy (non-hydrogen) atoms. The Morgan fingerprint density at radius 2 is 1.78 bits per heavy atom. The second-order valence-corrected chi connectivity index (χ2v) is 10.2. The van der Waals surface area contributed by atoms with Crippen LogP contribution in [0.15, 0.2) is 72.8 Å². The van der Waals surface area contributed by atoms with E-state index in [4.69, 9.17) is 9.47 Å². The standard InChI is InChI=1S/C30H33FN2O3/c1-35-27-7-4-5-22(20-27)13-16-33-17-14-24(15-18-33)29(21-33)36-30(34)32-28-8-3-2-6-25(28)19-23-9-11-26(31)12-10-23/h2-12,20,24,29H,13-19,21H2,1H3/p+1. The Bertz CT molecular complexity index is 1190. The van der Waals surface area contributed by atoms with Gasteiger partial charge < -0.3 is 14.0 Å². The van der Waals surface area contributed by atoms with Gasteiger partial charge in [0, 0.05) is 30.9 Å². The van der Waals surface area contributed by atoms with Crippen LogP contribution in [0.25, 0.3) is 0 Å². The minimum absolute atomic E-state index is 0.0675. The highest BCUT2D eigenvalue weighted by atomic mass is 19.1. The molecular formula is C30H34FN2O3+. The molecule has 3 aliphatic heterocycles. The number of benzene rings is 3. The molecule has 1 unspecified atom stereocenters. The number of nitrogens with one attached hydrogen (secondary N) is 1. The zero-order chi connectivity index (χ0) is 25.0. The molecule has 3 aromatic carbocycles. The number of piperidine rings is 3. The molecule has 0 aliphatic carbocycles. The molecule has 188 valence electrons. The zero-order valence-electron chi connectivity index (χ0n) is 20.8. The van der Waals surface area contributed by atoms with Crippen molar-refractivity contribution in [2.45, 2.75) is 31.8 Å². The fourth-order valence-electron chi connectivity index (χ4n) is 5.76. The summed E-state index contributed by atoms with van der Waals surface area (Å²) >= 11 is 0. The van der Waals surface area contributed by atoms with Gasteiger partial charge in [-0.3, -0.25) is 5.32 Å². The van der Waals surface area contributed by atoms with Crippen molar-refractivity contribution in [2.24, 2.45) is 5.92 Å². The third kappa shape index (κ3) is 5.71. The van der Waals surface area contributed by atoms with Crippen LogP contribution in [0.5, 0.6) is 5.75 Å². The van der Waals surface area contributed by atoms with Gasteiger partial charge in [-0.2, -0.15) is 0 Å². The lowest BCUT2D eigenvalue weighted by Crippen LogP contribution is -2.65. The summed E-state index contributed by atoms with van der Waals surface area (Å²) in [5.41, 5.74) is 3.97. The van der Waals surface area contributed by atoms with Gasteiger partial charge in [-0.1, -0.05) is 42.5 Å². The van der Waals surface area contributed by atoms with E-state index in [9.17, 15) is 9.18 Å². The van der Waals surface area contributed by atoms with Crippen LogP contribution < -0.4 is 10.1 Å². The monoisotopic (exact) mass is 489 g/mol. The van der Waals surface area contributed by atoms with Crippen LogP contribution in [0.3, 0.4) is 0 Å². The number of hydrogen-bond acceptors (Lipinski definition) is 3. The molecule has 6 heteroatoms. The number of nitrogens with zero attached hydrogens (tertiary/aromatic N) is 1. The lowest BCUT2D eigenvalue weighted by molar-refractivity contribution is -0.945. The quantitative estimate of drug-likeness (QED) is 0.405. The Hall–Kier alpha value is -3.38. The summed E-state index contributed by atoms with van der Waals surface area (Å²) in [4.78, 5) is 13.0. The zero-order valence-corrected chi connectivity index (χ0v) is 20.8. The maximum atomic E-state index is 13.3. The van der Waals surface area contributed by atoms with Gasteiger partial charge in [-0.05, 0) is 53.4 Å². The lowest BCUT2D eigenvalue weighted by atomic mass is 9.83. The predicted molar refractivity (Wildman–Crippen MR) is 139 cm³/mol. The molecule has 0 spiro atoms. The summed E-state index contributed by atoms with van der Waals surface area (Å²) in [6.45, 7) is 4.22. The van der Waals surface area contributed by atoms with Crippen molar-refractivity contribution in [2.75, 3.05) is 38.6 Å². The van der Waals surface area contributed by atoms with E-state index in [1.165, 1.54) is 17.7 Å². The SMILES string of the molecule is COc1cccc(CC[N+]23CCC(CC2)C(OC(=O)Nc2ccccc2Cc2ccc(F)cc2)C3)c1. The van der Waals surface area contributed by atoms with E-state index < -0.39 is 6.09 Å². The molecule has 0 radical (unpaired) electrons. The van der Waals surface area contributed by atoms with Crippen molar-refractivity contribution in [1.82, 2.24) is 0 Å². The van der Waals surface area contributed by atoms with Gasteiger partial charge in [0.15, 0.2) is 6.10 Å². The fraction of sp³-hybridized carbons (Fsp3) is 0.367. The summed E-state index contributed by atoms with van der Waals surface area (Å²) < 4.78 is 25.7. The summed E-state index contributed by atoms with van der Waals surface area (Å²) in [5.74, 6) is 1.07. The normalized spacial score (nSPS) is 22.7. The third-order valence-corrected chi connectivity index (χ3v) is 7.87. The maximum absolute atomic E-state index is 13.3. The molecule has 0 saturated carbocycles. The molecule has 1 N–H and O–H groups in total. The third-order valence-electron chi connectivity index (χ3n) is 7.87. The van der Waals surface area contributed by atoms with Gasteiger partial charge in [0.2, 0.25) is 0 Å². The molecule has 5 nitrogen and oxygen atoms in total. The second kappa shape index (κ2) is 10.7. The van der Waals surface area contributed by atoms with E-state index in [0.717, 1.165) is 72.5 Å². The first kappa shape index (κ1) is 24.3. The van der Waals surface area contributed by atoms with E-state index in [2.05, 4.69) is 17.4 Å². The molecule has 2 bridgehead atoms. The highest BCUT2D eigenvalue weighted by molar-refractivity contribution is 5.86. The Balaban J connectivity index is 1.20. The van der Waals surface area contributed by atoms with E-state index in [1.807, 2.05) is 36.4 Å². The van der Waals surface area contributed by atoms with E-state index in [0.29, 0.717) is 12.3 Å². The number of carbonyl (C=O) groups is 1. The van der Waals surface area contributed by atoms with Crippen molar-refractivity contribution in [1.29, 1.82) is 0 Å². The average Bonchev–Trinajstić information content (AvgIpc) is 2.91. The van der Waals surface area contributed by atoms with Crippen LogP contribution in [0, 0.1) is 11.7 Å². The largest absolute Gasteiger partial charge is 0.497 e. The van der Waals surface area contributed by atoms with Gasteiger partial charge in [0.1, 0.15) is 18.1 Å².